The molecule has 4 nitrogen and oxygen atoms in total. The molecule has 1 heterocycles. The van der Waals surface area contributed by atoms with Crippen LogP contribution in [0.1, 0.15) is 12.0 Å². The van der Waals surface area contributed by atoms with Crippen molar-refractivity contribution in [3.8, 4) is 0 Å². The summed E-state index contributed by atoms with van der Waals surface area (Å²) in [4.78, 5) is 9.72. The van der Waals surface area contributed by atoms with Gasteiger partial charge in [0.05, 0.1) is 10.5 Å². The van der Waals surface area contributed by atoms with Gasteiger partial charge in [0, 0.05) is 29.6 Å². The van der Waals surface area contributed by atoms with Crippen LogP contribution in [0.4, 0.5) is 24.5 Å². The Hall–Kier alpha value is -1.44. The van der Waals surface area contributed by atoms with Gasteiger partial charge in [0.15, 0.2) is 0 Å². The highest BCUT2D eigenvalue weighted by molar-refractivity contribution is 7.99. The Morgan fingerprint density at radius 3 is 2.68 bits per heavy atom. The Balaban J connectivity index is 2.33. The van der Waals surface area contributed by atoms with Crippen molar-refractivity contribution >= 4 is 23.1 Å². The van der Waals surface area contributed by atoms with E-state index in [9.17, 15) is 23.3 Å². The summed E-state index contributed by atoms with van der Waals surface area (Å²) in [6.07, 6.45) is -3.82. The normalized spacial score (nSPS) is 19.4. The SMILES string of the molecule is O=[N+]([O-])c1ccc(NC2CCSC2)c(C(F)(F)F)c1. The van der Waals surface area contributed by atoms with E-state index in [1.807, 2.05) is 0 Å². The second kappa shape index (κ2) is 5.28. The molecule has 104 valence electrons. The largest absolute Gasteiger partial charge is 0.418 e. The van der Waals surface area contributed by atoms with E-state index < -0.39 is 22.4 Å². The Kier molecular flexibility index (Phi) is 3.88. The van der Waals surface area contributed by atoms with Gasteiger partial charge in [0.25, 0.3) is 5.69 Å². The minimum atomic E-state index is -4.61. The molecule has 2 rings (SSSR count). The lowest BCUT2D eigenvalue weighted by atomic mass is 10.1. The summed E-state index contributed by atoms with van der Waals surface area (Å²) in [6.45, 7) is 0. The van der Waals surface area contributed by atoms with Crippen LogP contribution in [0.5, 0.6) is 0 Å². The summed E-state index contributed by atoms with van der Waals surface area (Å²) >= 11 is 1.67. The average Bonchev–Trinajstić information content (AvgIpc) is 2.80. The zero-order valence-electron chi connectivity index (χ0n) is 9.74. The van der Waals surface area contributed by atoms with Crippen LogP contribution in [0.25, 0.3) is 0 Å². The van der Waals surface area contributed by atoms with Crippen LogP contribution in [0.2, 0.25) is 0 Å². The Morgan fingerprint density at radius 2 is 2.16 bits per heavy atom. The van der Waals surface area contributed by atoms with Gasteiger partial charge in [-0.05, 0) is 18.2 Å². The molecule has 0 aromatic heterocycles. The fraction of sp³-hybridized carbons (Fsp3) is 0.455. The van der Waals surface area contributed by atoms with Crippen molar-refractivity contribution < 1.29 is 18.1 Å². The first kappa shape index (κ1) is 14.0. The molecule has 1 fully saturated rings. The molecule has 1 saturated heterocycles. The van der Waals surface area contributed by atoms with Gasteiger partial charge in [0.2, 0.25) is 0 Å². The number of non-ortho nitro benzene ring substituents is 1. The number of thioether (sulfide) groups is 1. The molecule has 19 heavy (non-hydrogen) atoms. The van der Waals surface area contributed by atoms with E-state index in [2.05, 4.69) is 5.32 Å². The van der Waals surface area contributed by atoms with Crippen LogP contribution >= 0.6 is 11.8 Å². The first-order valence-corrected chi connectivity index (χ1v) is 6.73. The van der Waals surface area contributed by atoms with Gasteiger partial charge < -0.3 is 5.32 Å². The number of halogens is 3. The summed E-state index contributed by atoms with van der Waals surface area (Å²) < 4.78 is 38.7. The van der Waals surface area contributed by atoms with E-state index in [0.29, 0.717) is 6.07 Å². The average molecular weight is 292 g/mol. The molecule has 0 saturated carbocycles. The lowest BCUT2D eigenvalue weighted by Gasteiger charge is -2.18. The number of nitrogens with zero attached hydrogens (tertiary/aromatic N) is 1. The van der Waals surface area contributed by atoms with Crippen LogP contribution < -0.4 is 5.32 Å². The molecule has 0 aliphatic carbocycles. The maximum Gasteiger partial charge on any atom is 0.418 e. The van der Waals surface area contributed by atoms with Crippen molar-refractivity contribution in [3.05, 3.63) is 33.9 Å². The molecule has 1 atom stereocenters. The molecule has 0 bridgehead atoms. The quantitative estimate of drug-likeness (QED) is 0.684. The van der Waals surface area contributed by atoms with Crippen molar-refractivity contribution in [2.45, 2.75) is 18.6 Å². The maximum absolute atomic E-state index is 12.9. The highest BCUT2D eigenvalue weighted by Gasteiger charge is 2.35. The van der Waals surface area contributed by atoms with Gasteiger partial charge in [-0.15, -0.1) is 0 Å². The predicted molar refractivity (Wildman–Crippen MR) is 67.5 cm³/mol. The molecule has 0 amide bonds. The van der Waals surface area contributed by atoms with Crippen LogP contribution in [-0.4, -0.2) is 22.5 Å². The molecule has 1 aromatic rings. The van der Waals surface area contributed by atoms with Gasteiger partial charge in [0.1, 0.15) is 0 Å². The van der Waals surface area contributed by atoms with Crippen LogP contribution in [0, 0.1) is 10.1 Å². The van der Waals surface area contributed by atoms with Crippen molar-refractivity contribution in [2.24, 2.45) is 0 Å². The molecule has 1 N–H and O–H groups in total. The van der Waals surface area contributed by atoms with Crippen LogP contribution in [0.3, 0.4) is 0 Å². The number of benzene rings is 1. The van der Waals surface area contributed by atoms with Crippen molar-refractivity contribution in [2.75, 3.05) is 16.8 Å². The summed E-state index contributed by atoms with van der Waals surface area (Å²) in [5.41, 5.74) is -1.64. The minimum absolute atomic E-state index is 0.0208. The third kappa shape index (κ3) is 3.31. The number of nitro benzene ring substituents is 1. The number of hydrogen-bond donors (Lipinski definition) is 1. The summed E-state index contributed by atoms with van der Waals surface area (Å²) in [6, 6.07) is 2.76. The molecule has 1 aliphatic rings. The first-order valence-electron chi connectivity index (χ1n) is 5.58. The topological polar surface area (TPSA) is 55.2 Å². The molecular formula is C11H11F3N2O2S. The van der Waals surface area contributed by atoms with Gasteiger partial charge in [-0.2, -0.15) is 24.9 Å². The van der Waals surface area contributed by atoms with E-state index >= 15 is 0 Å². The van der Waals surface area contributed by atoms with Crippen LogP contribution in [-0.2, 0) is 6.18 Å². The third-order valence-corrected chi connectivity index (χ3v) is 3.97. The van der Waals surface area contributed by atoms with Gasteiger partial charge in [-0.25, -0.2) is 0 Å². The lowest BCUT2D eigenvalue weighted by molar-refractivity contribution is -0.385. The zero-order chi connectivity index (χ0) is 14.0. The zero-order valence-corrected chi connectivity index (χ0v) is 10.6. The molecule has 0 spiro atoms. The molecular weight excluding hydrogens is 281 g/mol. The Bertz CT molecular complexity index is 487. The number of rotatable bonds is 3. The number of nitrogens with one attached hydrogen (secondary N) is 1. The molecule has 1 aromatic carbocycles. The van der Waals surface area contributed by atoms with E-state index in [1.54, 1.807) is 11.8 Å². The summed E-state index contributed by atoms with van der Waals surface area (Å²) in [5, 5.41) is 13.4. The van der Waals surface area contributed by atoms with Crippen LogP contribution in [0.15, 0.2) is 18.2 Å². The minimum Gasteiger partial charge on any atom is -0.381 e. The smallest absolute Gasteiger partial charge is 0.381 e. The molecule has 8 heteroatoms. The lowest BCUT2D eigenvalue weighted by Crippen LogP contribution is -2.21. The summed E-state index contributed by atoms with van der Waals surface area (Å²) in [7, 11) is 0. The number of nitro groups is 1. The van der Waals surface area contributed by atoms with E-state index in [-0.39, 0.29) is 11.7 Å². The van der Waals surface area contributed by atoms with Gasteiger partial charge >= 0.3 is 6.18 Å². The standard InChI is InChI=1S/C11H11F3N2O2S/c12-11(13,14)9-5-8(16(17)18)1-2-10(9)15-7-3-4-19-6-7/h1-2,5,7,15H,3-4,6H2. The Morgan fingerprint density at radius 1 is 1.42 bits per heavy atom. The highest BCUT2D eigenvalue weighted by Crippen LogP contribution is 2.38. The van der Waals surface area contributed by atoms with Crippen molar-refractivity contribution in [1.29, 1.82) is 0 Å². The van der Waals surface area contributed by atoms with E-state index in [0.717, 1.165) is 30.1 Å². The second-order valence-electron chi connectivity index (χ2n) is 4.19. The fourth-order valence-electron chi connectivity index (χ4n) is 1.87. The molecule has 1 aliphatic heterocycles. The first-order chi connectivity index (χ1) is 8.88. The number of hydrogen-bond acceptors (Lipinski definition) is 4. The molecule has 1 unspecified atom stereocenters. The number of alkyl halides is 3. The second-order valence-corrected chi connectivity index (χ2v) is 5.34. The highest BCUT2D eigenvalue weighted by atomic mass is 32.2. The predicted octanol–water partition coefficient (Wildman–Crippen LogP) is 3.53. The van der Waals surface area contributed by atoms with Gasteiger partial charge in [-0.1, -0.05) is 0 Å². The van der Waals surface area contributed by atoms with Gasteiger partial charge in [-0.3, -0.25) is 10.1 Å². The fourth-order valence-corrected chi connectivity index (χ4v) is 3.03. The van der Waals surface area contributed by atoms with Crippen molar-refractivity contribution in [3.63, 3.8) is 0 Å². The van der Waals surface area contributed by atoms with Crippen molar-refractivity contribution in [1.82, 2.24) is 0 Å². The maximum atomic E-state index is 12.9. The van der Waals surface area contributed by atoms with E-state index in [1.165, 1.54) is 0 Å². The monoisotopic (exact) mass is 292 g/mol. The number of anilines is 1. The molecule has 0 radical (unpaired) electrons. The Labute approximate surface area is 111 Å². The summed E-state index contributed by atoms with van der Waals surface area (Å²) in [5.74, 6) is 1.65. The van der Waals surface area contributed by atoms with E-state index in [4.69, 9.17) is 0 Å². The third-order valence-electron chi connectivity index (χ3n) is 2.81.